The van der Waals surface area contributed by atoms with Gasteiger partial charge in [-0.05, 0) is 56.3 Å². The van der Waals surface area contributed by atoms with Gasteiger partial charge in [0.25, 0.3) is 0 Å². The van der Waals surface area contributed by atoms with Crippen LogP contribution in [0.3, 0.4) is 0 Å². The van der Waals surface area contributed by atoms with Crippen LogP contribution in [0.5, 0.6) is 5.75 Å². The first kappa shape index (κ1) is 25.0. The SMILES string of the molecule is CCc1cccc(CC)c1-c1nc(C)c(CN(C)C(c2ccccc2)C(C)C)c(OC)c1C. The number of aromatic nitrogens is 1. The molecule has 33 heavy (non-hydrogen) atoms. The standard InChI is InChI=1S/C30H40N2O/c1-9-23-17-14-18-24(10-2)27(23)28-21(5)30(33-8)26(22(6)31-28)19-32(7)29(20(3)4)25-15-12-11-13-16-25/h11-18,20,29H,9-10,19H2,1-8H3. The number of benzene rings is 2. The number of rotatable bonds is 9. The third kappa shape index (κ3) is 5.14. The van der Waals surface area contributed by atoms with Crippen molar-refractivity contribution < 1.29 is 4.74 Å². The number of hydrogen-bond acceptors (Lipinski definition) is 3. The highest BCUT2D eigenvalue weighted by Crippen LogP contribution is 2.38. The molecule has 0 saturated carbocycles. The number of hydrogen-bond donors (Lipinski definition) is 0. The van der Waals surface area contributed by atoms with Crippen molar-refractivity contribution >= 4 is 0 Å². The Bertz CT molecular complexity index is 1050. The normalized spacial score (nSPS) is 12.4. The maximum absolute atomic E-state index is 6.05. The van der Waals surface area contributed by atoms with Crippen molar-refractivity contribution in [3.05, 3.63) is 82.0 Å². The second kappa shape index (κ2) is 11.0. The van der Waals surface area contributed by atoms with Gasteiger partial charge in [0.1, 0.15) is 5.75 Å². The molecule has 3 aromatic rings. The molecule has 3 nitrogen and oxygen atoms in total. The number of methoxy groups -OCH3 is 1. The Balaban J connectivity index is 2.08. The summed E-state index contributed by atoms with van der Waals surface area (Å²) in [6, 6.07) is 17.7. The molecule has 0 bridgehead atoms. The Hall–Kier alpha value is -2.65. The van der Waals surface area contributed by atoms with Gasteiger partial charge in [-0.2, -0.15) is 0 Å². The van der Waals surface area contributed by atoms with Gasteiger partial charge in [-0.1, -0.05) is 76.2 Å². The van der Waals surface area contributed by atoms with Gasteiger partial charge in [0.15, 0.2) is 0 Å². The van der Waals surface area contributed by atoms with Crippen molar-refractivity contribution in [1.82, 2.24) is 9.88 Å². The lowest BCUT2D eigenvalue weighted by Crippen LogP contribution is -2.29. The van der Waals surface area contributed by atoms with Crippen LogP contribution in [-0.2, 0) is 19.4 Å². The summed E-state index contributed by atoms with van der Waals surface area (Å²) in [5.74, 6) is 1.45. The van der Waals surface area contributed by atoms with E-state index in [9.17, 15) is 0 Å². The summed E-state index contributed by atoms with van der Waals surface area (Å²) in [6.45, 7) is 14.1. The maximum atomic E-state index is 6.05. The van der Waals surface area contributed by atoms with Gasteiger partial charge in [-0.3, -0.25) is 9.88 Å². The van der Waals surface area contributed by atoms with Crippen molar-refractivity contribution in [3.63, 3.8) is 0 Å². The topological polar surface area (TPSA) is 25.4 Å². The van der Waals surface area contributed by atoms with E-state index < -0.39 is 0 Å². The van der Waals surface area contributed by atoms with E-state index in [2.05, 4.69) is 102 Å². The van der Waals surface area contributed by atoms with Crippen LogP contribution in [0.15, 0.2) is 48.5 Å². The molecular formula is C30H40N2O. The van der Waals surface area contributed by atoms with Crippen LogP contribution in [0.4, 0.5) is 0 Å². The zero-order valence-electron chi connectivity index (χ0n) is 21.7. The molecule has 1 unspecified atom stereocenters. The predicted molar refractivity (Wildman–Crippen MR) is 140 cm³/mol. The Morgan fingerprint density at radius 3 is 2.03 bits per heavy atom. The van der Waals surface area contributed by atoms with E-state index in [1.54, 1.807) is 7.11 Å². The van der Waals surface area contributed by atoms with Crippen molar-refractivity contribution in [3.8, 4) is 17.0 Å². The van der Waals surface area contributed by atoms with E-state index in [1.165, 1.54) is 27.8 Å². The first-order valence-electron chi connectivity index (χ1n) is 12.2. The zero-order valence-corrected chi connectivity index (χ0v) is 21.7. The molecule has 3 rings (SSSR count). The average Bonchev–Trinajstić information content (AvgIpc) is 2.81. The molecule has 1 heterocycles. The van der Waals surface area contributed by atoms with Crippen LogP contribution >= 0.6 is 0 Å². The summed E-state index contributed by atoms with van der Waals surface area (Å²) >= 11 is 0. The molecule has 0 radical (unpaired) electrons. The van der Waals surface area contributed by atoms with Gasteiger partial charge < -0.3 is 4.74 Å². The van der Waals surface area contributed by atoms with E-state index in [-0.39, 0.29) is 0 Å². The predicted octanol–water partition coefficient (Wildman–Crippen LogP) is 7.33. The Kier molecular flexibility index (Phi) is 8.31. The third-order valence-corrected chi connectivity index (χ3v) is 6.78. The van der Waals surface area contributed by atoms with E-state index >= 15 is 0 Å². The van der Waals surface area contributed by atoms with E-state index in [4.69, 9.17) is 9.72 Å². The van der Waals surface area contributed by atoms with Crippen LogP contribution in [-0.4, -0.2) is 24.0 Å². The summed E-state index contributed by atoms with van der Waals surface area (Å²) in [5, 5.41) is 0. The van der Waals surface area contributed by atoms with Gasteiger partial charge in [-0.25, -0.2) is 0 Å². The molecule has 0 saturated heterocycles. The fourth-order valence-corrected chi connectivity index (χ4v) is 5.22. The molecule has 1 aromatic heterocycles. The quantitative estimate of drug-likeness (QED) is 0.345. The molecule has 0 fully saturated rings. The minimum atomic E-state index is 0.322. The molecule has 0 aliphatic heterocycles. The average molecular weight is 445 g/mol. The molecule has 0 spiro atoms. The van der Waals surface area contributed by atoms with Crippen molar-refractivity contribution in [2.75, 3.05) is 14.2 Å². The highest BCUT2D eigenvalue weighted by molar-refractivity contribution is 5.73. The lowest BCUT2D eigenvalue weighted by molar-refractivity contribution is 0.183. The Morgan fingerprint density at radius 2 is 1.52 bits per heavy atom. The van der Waals surface area contributed by atoms with Gasteiger partial charge >= 0.3 is 0 Å². The molecule has 0 aliphatic carbocycles. The maximum Gasteiger partial charge on any atom is 0.130 e. The van der Waals surface area contributed by atoms with Crippen LogP contribution in [0.25, 0.3) is 11.3 Å². The third-order valence-electron chi connectivity index (χ3n) is 6.78. The fourth-order valence-electron chi connectivity index (χ4n) is 5.22. The van der Waals surface area contributed by atoms with Crippen molar-refractivity contribution in [1.29, 1.82) is 0 Å². The van der Waals surface area contributed by atoms with Gasteiger partial charge in [-0.15, -0.1) is 0 Å². The summed E-state index contributed by atoms with van der Waals surface area (Å²) in [4.78, 5) is 7.63. The first-order chi connectivity index (χ1) is 15.8. The summed E-state index contributed by atoms with van der Waals surface area (Å²) < 4.78 is 6.05. The summed E-state index contributed by atoms with van der Waals surface area (Å²) in [5.41, 5.74) is 9.73. The summed E-state index contributed by atoms with van der Waals surface area (Å²) in [6.07, 6.45) is 1.98. The molecule has 2 aromatic carbocycles. The van der Waals surface area contributed by atoms with Gasteiger partial charge in [0.2, 0.25) is 0 Å². The molecule has 3 heteroatoms. The second-order valence-corrected chi connectivity index (χ2v) is 9.36. The highest BCUT2D eigenvalue weighted by atomic mass is 16.5. The molecule has 0 N–H and O–H groups in total. The number of aryl methyl sites for hydroxylation is 3. The highest BCUT2D eigenvalue weighted by Gasteiger charge is 2.25. The lowest BCUT2D eigenvalue weighted by Gasteiger charge is -2.33. The largest absolute Gasteiger partial charge is 0.496 e. The van der Waals surface area contributed by atoms with E-state index in [1.807, 2.05) is 0 Å². The number of nitrogens with zero attached hydrogens (tertiary/aromatic N) is 2. The zero-order chi connectivity index (χ0) is 24.1. The van der Waals surface area contributed by atoms with Crippen LogP contribution in [0.2, 0.25) is 0 Å². The minimum Gasteiger partial charge on any atom is -0.496 e. The number of pyridine rings is 1. The minimum absolute atomic E-state index is 0.322. The van der Waals surface area contributed by atoms with Crippen molar-refractivity contribution in [2.24, 2.45) is 5.92 Å². The lowest BCUT2D eigenvalue weighted by atomic mass is 9.91. The smallest absolute Gasteiger partial charge is 0.130 e. The van der Waals surface area contributed by atoms with E-state index in [0.29, 0.717) is 12.0 Å². The van der Waals surface area contributed by atoms with Gasteiger partial charge in [0.05, 0.1) is 12.8 Å². The first-order valence-corrected chi connectivity index (χ1v) is 12.2. The second-order valence-electron chi connectivity index (χ2n) is 9.36. The fraction of sp³-hybridized carbons (Fsp3) is 0.433. The van der Waals surface area contributed by atoms with Crippen LogP contribution in [0.1, 0.15) is 67.2 Å². The molecule has 176 valence electrons. The molecular weight excluding hydrogens is 404 g/mol. The monoisotopic (exact) mass is 444 g/mol. The van der Waals surface area contributed by atoms with Crippen LogP contribution < -0.4 is 4.74 Å². The molecule has 1 atom stereocenters. The Labute approximate surface area is 200 Å². The summed E-state index contributed by atoms with van der Waals surface area (Å²) in [7, 11) is 4.00. The Morgan fingerprint density at radius 1 is 0.909 bits per heavy atom. The molecule has 0 amide bonds. The molecule has 0 aliphatic rings. The van der Waals surface area contributed by atoms with E-state index in [0.717, 1.165) is 42.1 Å². The number of ether oxygens (including phenoxy) is 1. The van der Waals surface area contributed by atoms with Crippen molar-refractivity contribution in [2.45, 2.75) is 67.0 Å². The van der Waals surface area contributed by atoms with Gasteiger partial charge in [0, 0.05) is 35.0 Å². The van der Waals surface area contributed by atoms with Crippen LogP contribution in [0, 0.1) is 19.8 Å².